The summed E-state index contributed by atoms with van der Waals surface area (Å²) in [6.45, 7) is 4.57. The first-order chi connectivity index (χ1) is 9.25. The first-order valence-corrected chi connectivity index (χ1v) is 7.07. The normalized spacial score (nSPS) is 29.8. The topological polar surface area (TPSA) is 43.4 Å². The summed E-state index contributed by atoms with van der Waals surface area (Å²) in [4.78, 5) is 4.62. The summed E-state index contributed by atoms with van der Waals surface area (Å²) in [5, 5.41) is 3.51. The molecule has 0 amide bonds. The average Bonchev–Trinajstić information content (AvgIpc) is 2.39. The fourth-order valence-electron chi connectivity index (χ4n) is 3.18. The molecular formula is C15H22N2O2. The van der Waals surface area contributed by atoms with Gasteiger partial charge in [-0.3, -0.25) is 4.98 Å². The van der Waals surface area contributed by atoms with Gasteiger partial charge in [0.25, 0.3) is 0 Å². The first kappa shape index (κ1) is 13.0. The summed E-state index contributed by atoms with van der Waals surface area (Å²) in [6, 6.07) is 4.82. The minimum atomic E-state index is -0.315. The lowest BCUT2D eigenvalue weighted by atomic mass is 9.81. The minimum Gasteiger partial charge on any atom is -0.374 e. The number of rotatable bonds is 3. The predicted octanol–water partition coefficient (Wildman–Crippen LogP) is 1.81. The van der Waals surface area contributed by atoms with Crippen LogP contribution in [-0.2, 0) is 15.1 Å². The van der Waals surface area contributed by atoms with Crippen LogP contribution >= 0.6 is 0 Å². The lowest BCUT2D eigenvalue weighted by Gasteiger charge is -2.41. The van der Waals surface area contributed by atoms with Gasteiger partial charge < -0.3 is 14.8 Å². The van der Waals surface area contributed by atoms with Gasteiger partial charge >= 0.3 is 0 Å². The summed E-state index contributed by atoms with van der Waals surface area (Å²) < 4.78 is 11.1. The van der Waals surface area contributed by atoms with Crippen molar-refractivity contribution < 1.29 is 9.47 Å². The van der Waals surface area contributed by atoms with Gasteiger partial charge in [0, 0.05) is 19.3 Å². The van der Waals surface area contributed by atoms with Gasteiger partial charge in [-0.15, -0.1) is 0 Å². The molecule has 0 bridgehead atoms. The average molecular weight is 262 g/mol. The van der Waals surface area contributed by atoms with Crippen LogP contribution in [0.25, 0.3) is 0 Å². The van der Waals surface area contributed by atoms with E-state index in [0.717, 1.165) is 12.2 Å². The molecule has 3 rings (SSSR count). The fraction of sp³-hybridized carbons (Fsp3) is 0.667. The maximum Gasteiger partial charge on any atom is 0.156 e. The van der Waals surface area contributed by atoms with Crippen molar-refractivity contribution in [3.05, 3.63) is 29.6 Å². The molecule has 2 aliphatic rings. The highest BCUT2D eigenvalue weighted by Crippen LogP contribution is 2.38. The number of pyridine rings is 1. The molecule has 1 aromatic rings. The second-order valence-electron chi connectivity index (χ2n) is 5.71. The molecule has 4 heteroatoms. The second-order valence-corrected chi connectivity index (χ2v) is 5.71. The van der Waals surface area contributed by atoms with E-state index >= 15 is 0 Å². The zero-order chi connectivity index (χ0) is 13.3. The largest absolute Gasteiger partial charge is 0.374 e. The summed E-state index contributed by atoms with van der Waals surface area (Å²) in [6.07, 6.45) is 4.20. The molecule has 2 saturated heterocycles. The molecule has 2 aliphatic heterocycles. The zero-order valence-corrected chi connectivity index (χ0v) is 11.7. The predicted molar refractivity (Wildman–Crippen MR) is 73.2 cm³/mol. The van der Waals surface area contributed by atoms with E-state index in [1.807, 2.05) is 12.3 Å². The Morgan fingerprint density at radius 3 is 2.95 bits per heavy atom. The van der Waals surface area contributed by atoms with Crippen LogP contribution in [-0.4, -0.2) is 37.9 Å². The van der Waals surface area contributed by atoms with Crippen LogP contribution in [0, 0.1) is 0 Å². The number of piperidine rings is 1. The van der Waals surface area contributed by atoms with E-state index < -0.39 is 0 Å². The van der Waals surface area contributed by atoms with E-state index in [-0.39, 0.29) is 5.60 Å². The van der Waals surface area contributed by atoms with Crippen LogP contribution < -0.4 is 5.32 Å². The molecule has 0 aromatic carbocycles. The summed E-state index contributed by atoms with van der Waals surface area (Å²) >= 11 is 0. The smallest absolute Gasteiger partial charge is 0.156 e. The third kappa shape index (κ3) is 2.29. The Morgan fingerprint density at radius 1 is 1.47 bits per heavy atom. The molecule has 0 aliphatic carbocycles. The van der Waals surface area contributed by atoms with E-state index in [9.17, 15) is 0 Å². The number of ether oxygens (including phenoxy) is 2. The van der Waals surface area contributed by atoms with Crippen molar-refractivity contribution in [1.29, 1.82) is 0 Å². The second kappa shape index (κ2) is 5.19. The van der Waals surface area contributed by atoms with Crippen LogP contribution in [0.15, 0.2) is 18.3 Å². The van der Waals surface area contributed by atoms with Gasteiger partial charge in [-0.2, -0.15) is 0 Å². The number of nitrogens with zero attached hydrogens (tertiary/aromatic N) is 1. The van der Waals surface area contributed by atoms with Crippen LogP contribution in [0.1, 0.15) is 36.9 Å². The van der Waals surface area contributed by atoms with E-state index in [4.69, 9.17) is 9.47 Å². The molecule has 2 atom stereocenters. The van der Waals surface area contributed by atoms with Gasteiger partial charge in [0.1, 0.15) is 0 Å². The Morgan fingerprint density at radius 2 is 2.32 bits per heavy atom. The monoisotopic (exact) mass is 262 g/mol. The standard InChI is InChI=1S/C15H22N2O2/c1-11-8-12(5-7-16-11)13-4-3-6-17-14(13)15(18-2)9-19-10-15/h3-4,6,11-12,16H,5,7-10H2,1-2H3/t11-,12+/m1/s1. The van der Waals surface area contributed by atoms with Crippen LogP contribution in [0.3, 0.4) is 0 Å². The van der Waals surface area contributed by atoms with Gasteiger partial charge in [0.05, 0.1) is 18.9 Å². The molecule has 0 saturated carbocycles. The molecule has 3 heterocycles. The van der Waals surface area contributed by atoms with Gasteiger partial charge in [-0.1, -0.05) is 6.07 Å². The molecule has 104 valence electrons. The number of hydrogen-bond donors (Lipinski definition) is 1. The Balaban J connectivity index is 1.93. The molecule has 0 radical (unpaired) electrons. The van der Waals surface area contributed by atoms with E-state index in [1.54, 1.807) is 7.11 Å². The third-order valence-corrected chi connectivity index (χ3v) is 4.40. The van der Waals surface area contributed by atoms with Crippen molar-refractivity contribution in [3.63, 3.8) is 0 Å². The molecule has 4 nitrogen and oxygen atoms in total. The molecule has 19 heavy (non-hydrogen) atoms. The van der Waals surface area contributed by atoms with Crippen molar-refractivity contribution in [3.8, 4) is 0 Å². The minimum absolute atomic E-state index is 0.315. The van der Waals surface area contributed by atoms with Crippen LogP contribution in [0.5, 0.6) is 0 Å². The lowest BCUT2D eigenvalue weighted by Crippen LogP contribution is -2.50. The van der Waals surface area contributed by atoms with Gasteiger partial charge in [-0.25, -0.2) is 0 Å². The number of methoxy groups -OCH3 is 1. The Labute approximate surface area is 114 Å². The van der Waals surface area contributed by atoms with Gasteiger partial charge in [0.15, 0.2) is 5.60 Å². The molecule has 2 fully saturated rings. The Kier molecular flexibility index (Phi) is 3.56. The highest BCUT2D eigenvalue weighted by molar-refractivity contribution is 5.31. The molecule has 0 spiro atoms. The fourth-order valence-corrected chi connectivity index (χ4v) is 3.18. The number of hydrogen-bond acceptors (Lipinski definition) is 4. The van der Waals surface area contributed by atoms with E-state index in [1.165, 1.54) is 18.4 Å². The van der Waals surface area contributed by atoms with Gasteiger partial charge in [0.2, 0.25) is 0 Å². The van der Waals surface area contributed by atoms with Crippen molar-refractivity contribution in [1.82, 2.24) is 10.3 Å². The van der Waals surface area contributed by atoms with Crippen molar-refractivity contribution >= 4 is 0 Å². The highest BCUT2D eigenvalue weighted by Gasteiger charge is 2.44. The van der Waals surface area contributed by atoms with Crippen molar-refractivity contribution in [2.24, 2.45) is 0 Å². The lowest BCUT2D eigenvalue weighted by molar-refractivity contribution is -0.205. The maximum absolute atomic E-state index is 5.72. The highest BCUT2D eigenvalue weighted by atomic mass is 16.6. The van der Waals surface area contributed by atoms with Crippen LogP contribution in [0.2, 0.25) is 0 Å². The van der Waals surface area contributed by atoms with Gasteiger partial charge in [-0.05, 0) is 43.9 Å². The Hall–Kier alpha value is -0.970. The maximum atomic E-state index is 5.72. The quantitative estimate of drug-likeness (QED) is 0.902. The number of aromatic nitrogens is 1. The Bertz CT molecular complexity index is 440. The summed E-state index contributed by atoms with van der Waals surface area (Å²) in [7, 11) is 1.76. The molecule has 1 N–H and O–H groups in total. The first-order valence-electron chi connectivity index (χ1n) is 7.07. The van der Waals surface area contributed by atoms with Crippen molar-refractivity contribution in [2.45, 2.75) is 37.3 Å². The third-order valence-electron chi connectivity index (χ3n) is 4.40. The molecule has 1 aromatic heterocycles. The summed E-state index contributed by atoms with van der Waals surface area (Å²) in [5.74, 6) is 0.576. The van der Waals surface area contributed by atoms with E-state index in [0.29, 0.717) is 25.2 Å². The summed E-state index contributed by atoms with van der Waals surface area (Å²) in [5.41, 5.74) is 2.12. The molecular weight excluding hydrogens is 240 g/mol. The van der Waals surface area contributed by atoms with Crippen molar-refractivity contribution in [2.75, 3.05) is 26.9 Å². The van der Waals surface area contributed by atoms with Crippen LogP contribution in [0.4, 0.5) is 0 Å². The number of nitrogens with one attached hydrogen (secondary N) is 1. The van der Waals surface area contributed by atoms with E-state index in [2.05, 4.69) is 23.3 Å². The molecule has 0 unspecified atom stereocenters. The SMILES string of the molecule is COC1(c2ncccc2[C@H]2CCN[C@H](C)C2)COC1. The zero-order valence-electron chi connectivity index (χ0n) is 11.7.